The molecule has 1 aliphatic rings. The molecule has 3 nitrogen and oxygen atoms in total. The normalized spacial score (nSPS) is 15.8. The van der Waals surface area contributed by atoms with Crippen molar-refractivity contribution in [3.05, 3.63) is 59.7 Å². The van der Waals surface area contributed by atoms with Gasteiger partial charge in [-0.25, -0.2) is 4.79 Å². The smallest absolute Gasteiger partial charge is 0.336 e. The van der Waals surface area contributed by atoms with Gasteiger partial charge in [-0.2, -0.15) is 0 Å². The summed E-state index contributed by atoms with van der Waals surface area (Å²) in [7, 11) is 0. The van der Waals surface area contributed by atoms with Gasteiger partial charge in [-0.1, -0.05) is 68.1 Å². The van der Waals surface area contributed by atoms with Crippen LogP contribution in [-0.2, 0) is 6.54 Å². The summed E-state index contributed by atoms with van der Waals surface area (Å²) in [5, 5.41) is 13.0. The van der Waals surface area contributed by atoms with Gasteiger partial charge in [0.15, 0.2) is 0 Å². The van der Waals surface area contributed by atoms with Gasteiger partial charge in [0.25, 0.3) is 0 Å². The molecule has 0 aliphatic heterocycles. The Hall–Kier alpha value is -2.13. The van der Waals surface area contributed by atoms with Gasteiger partial charge in [0.05, 0.1) is 5.56 Å². The number of hydrogen-bond donors (Lipinski definition) is 2. The average molecular weight is 323 g/mol. The highest BCUT2D eigenvalue weighted by molar-refractivity contribution is 5.95. The maximum Gasteiger partial charge on any atom is 0.336 e. The van der Waals surface area contributed by atoms with Crippen LogP contribution in [0.15, 0.2) is 48.5 Å². The van der Waals surface area contributed by atoms with Crippen LogP contribution in [0.25, 0.3) is 11.1 Å². The van der Waals surface area contributed by atoms with Gasteiger partial charge >= 0.3 is 5.97 Å². The summed E-state index contributed by atoms with van der Waals surface area (Å²) in [4.78, 5) is 11.4. The Morgan fingerprint density at radius 1 is 0.958 bits per heavy atom. The molecule has 0 radical (unpaired) electrons. The first-order valence-electron chi connectivity index (χ1n) is 8.89. The Balaban J connectivity index is 1.66. The Labute approximate surface area is 143 Å². The summed E-state index contributed by atoms with van der Waals surface area (Å²) >= 11 is 0. The van der Waals surface area contributed by atoms with Crippen LogP contribution in [0.5, 0.6) is 0 Å². The van der Waals surface area contributed by atoms with Crippen molar-refractivity contribution in [2.24, 2.45) is 0 Å². The average Bonchev–Trinajstić information content (AvgIpc) is 2.89. The molecular formula is C21H25NO2. The van der Waals surface area contributed by atoms with Crippen molar-refractivity contribution >= 4 is 5.97 Å². The van der Waals surface area contributed by atoms with Crippen LogP contribution < -0.4 is 5.32 Å². The SMILES string of the molecule is O=C(O)c1ccccc1-c1ccc(CNC2CCCCCC2)cc1. The van der Waals surface area contributed by atoms with Crippen molar-refractivity contribution in [3.8, 4) is 11.1 Å². The summed E-state index contributed by atoms with van der Waals surface area (Å²) in [6.07, 6.45) is 7.98. The lowest BCUT2D eigenvalue weighted by atomic mass is 9.98. The number of hydrogen-bond acceptors (Lipinski definition) is 2. The molecular weight excluding hydrogens is 298 g/mol. The zero-order chi connectivity index (χ0) is 16.8. The van der Waals surface area contributed by atoms with Crippen molar-refractivity contribution in [2.75, 3.05) is 0 Å². The van der Waals surface area contributed by atoms with Crippen molar-refractivity contribution in [2.45, 2.75) is 51.1 Å². The van der Waals surface area contributed by atoms with Crippen LogP contribution in [-0.4, -0.2) is 17.1 Å². The van der Waals surface area contributed by atoms with Crippen LogP contribution in [0.4, 0.5) is 0 Å². The molecule has 1 fully saturated rings. The van der Waals surface area contributed by atoms with E-state index in [1.165, 1.54) is 44.1 Å². The number of carbonyl (C=O) groups is 1. The molecule has 3 rings (SSSR count). The van der Waals surface area contributed by atoms with E-state index in [0.29, 0.717) is 11.6 Å². The Kier molecular flexibility index (Phi) is 5.65. The second-order valence-corrected chi connectivity index (χ2v) is 6.62. The lowest BCUT2D eigenvalue weighted by Gasteiger charge is -2.16. The van der Waals surface area contributed by atoms with E-state index in [2.05, 4.69) is 17.4 Å². The first-order chi connectivity index (χ1) is 11.7. The van der Waals surface area contributed by atoms with Gasteiger partial charge in [0, 0.05) is 12.6 Å². The summed E-state index contributed by atoms with van der Waals surface area (Å²) in [5.41, 5.74) is 3.32. The third-order valence-corrected chi connectivity index (χ3v) is 4.87. The third kappa shape index (κ3) is 4.24. The molecule has 3 heteroatoms. The molecule has 0 unspecified atom stereocenters. The number of nitrogens with one attached hydrogen (secondary N) is 1. The predicted octanol–water partition coefficient (Wildman–Crippen LogP) is 4.86. The van der Waals surface area contributed by atoms with Gasteiger partial charge in [-0.05, 0) is 35.6 Å². The van der Waals surface area contributed by atoms with Crippen molar-refractivity contribution < 1.29 is 9.90 Å². The van der Waals surface area contributed by atoms with E-state index in [-0.39, 0.29) is 0 Å². The zero-order valence-corrected chi connectivity index (χ0v) is 14.0. The number of carboxylic acid groups (broad SMARTS) is 1. The second-order valence-electron chi connectivity index (χ2n) is 6.62. The van der Waals surface area contributed by atoms with Crippen molar-refractivity contribution in [1.82, 2.24) is 5.32 Å². The first-order valence-corrected chi connectivity index (χ1v) is 8.89. The molecule has 2 N–H and O–H groups in total. The summed E-state index contributed by atoms with van der Waals surface area (Å²) in [6, 6.07) is 16.0. The lowest BCUT2D eigenvalue weighted by Crippen LogP contribution is -2.27. The molecule has 0 bridgehead atoms. The fourth-order valence-electron chi connectivity index (χ4n) is 3.47. The minimum Gasteiger partial charge on any atom is -0.478 e. The van der Waals surface area contributed by atoms with E-state index in [0.717, 1.165) is 17.7 Å². The van der Waals surface area contributed by atoms with Gasteiger partial charge in [-0.3, -0.25) is 0 Å². The first kappa shape index (κ1) is 16.7. The van der Waals surface area contributed by atoms with Crippen LogP contribution in [0.2, 0.25) is 0 Å². The van der Waals surface area contributed by atoms with Crippen LogP contribution >= 0.6 is 0 Å². The van der Waals surface area contributed by atoms with Crippen LogP contribution in [0, 0.1) is 0 Å². The molecule has 0 spiro atoms. The maximum atomic E-state index is 11.4. The molecule has 126 valence electrons. The number of aromatic carboxylic acids is 1. The van der Waals surface area contributed by atoms with Gasteiger partial charge < -0.3 is 10.4 Å². The molecule has 0 aromatic heterocycles. The van der Waals surface area contributed by atoms with Crippen molar-refractivity contribution in [1.29, 1.82) is 0 Å². The van der Waals surface area contributed by atoms with E-state index >= 15 is 0 Å². The van der Waals surface area contributed by atoms with E-state index < -0.39 is 5.97 Å². The topological polar surface area (TPSA) is 49.3 Å². The molecule has 1 saturated carbocycles. The summed E-state index contributed by atoms with van der Waals surface area (Å²) < 4.78 is 0. The van der Waals surface area contributed by atoms with Crippen molar-refractivity contribution in [3.63, 3.8) is 0 Å². The number of benzene rings is 2. The second kappa shape index (κ2) is 8.11. The standard InChI is InChI=1S/C21H25NO2/c23-21(24)20-10-6-5-9-19(20)17-13-11-16(12-14-17)15-22-18-7-3-1-2-4-8-18/h5-6,9-14,18,22H,1-4,7-8,15H2,(H,23,24). The molecule has 0 amide bonds. The molecule has 2 aromatic rings. The lowest BCUT2D eigenvalue weighted by molar-refractivity contribution is 0.0697. The number of carboxylic acids is 1. The van der Waals surface area contributed by atoms with E-state index in [9.17, 15) is 9.90 Å². The fraction of sp³-hybridized carbons (Fsp3) is 0.381. The monoisotopic (exact) mass is 323 g/mol. The molecule has 24 heavy (non-hydrogen) atoms. The Morgan fingerprint density at radius 3 is 2.29 bits per heavy atom. The molecule has 2 aromatic carbocycles. The highest BCUT2D eigenvalue weighted by atomic mass is 16.4. The van der Waals surface area contributed by atoms with Gasteiger partial charge in [0.1, 0.15) is 0 Å². The van der Waals surface area contributed by atoms with Gasteiger partial charge in [-0.15, -0.1) is 0 Å². The number of rotatable bonds is 5. The Bertz CT molecular complexity index is 670. The summed E-state index contributed by atoms with van der Waals surface area (Å²) in [6.45, 7) is 0.880. The predicted molar refractivity (Wildman–Crippen MR) is 97.2 cm³/mol. The molecule has 0 saturated heterocycles. The highest BCUT2D eigenvalue weighted by Gasteiger charge is 2.12. The molecule has 0 heterocycles. The quantitative estimate of drug-likeness (QED) is 0.772. The minimum atomic E-state index is -0.885. The minimum absolute atomic E-state index is 0.349. The van der Waals surface area contributed by atoms with Gasteiger partial charge in [0.2, 0.25) is 0 Å². The highest BCUT2D eigenvalue weighted by Crippen LogP contribution is 2.24. The van der Waals surface area contributed by atoms with Crippen LogP contribution in [0.3, 0.4) is 0 Å². The zero-order valence-electron chi connectivity index (χ0n) is 14.0. The maximum absolute atomic E-state index is 11.4. The molecule has 0 atom stereocenters. The van der Waals surface area contributed by atoms with E-state index in [4.69, 9.17) is 0 Å². The van der Waals surface area contributed by atoms with E-state index in [1.54, 1.807) is 12.1 Å². The largest absolute Gasteiger partial charge is 0.478 e. The van der Waals surface area contributed by atoms with Crippen LogP contribution in [0.1, 0.15) is 54.4 Å². The Morgan fingerprint density at radius 2 is 1.62 bits per heavy atom. The fourth-order valence-corrected chi connectivity index (χ4v) is 3.47. The van der Waals surface area contributed by atoms with E-state index in [1.807, 2.05) is 24.3 Å². The third-order valence-electron chi connectivity index (χ3n) is 4.87. The molecule has 1 aliphatic carbocycles. The summed E-state index contributed by atoms with van der Waals surface area (Å²) in [5.74, 6) is -0.885.